The average Bonchev–Trinajstić information content (AvgIpc) is 2.53. The van der Waals surface area contributed by atoms with Gasteiger partial charge in [-0.1, -0.05) is 13.8 Å². The number of carbonyl (C=O) groups is 2. The lowest BCUT2D eigenvalue weighted by molar-refractivity contribution is -0.143. The number of hydrogen-bond donors (Lipinski definition) is 1. The van der Waals surface area contributed by atoms with E-state index in [1.54, 1.807) is 6.92 Å². The molecule has 1 aromatic rings. The molecule has 1 amide bonds. The normalized spacial score (nSPS) is 21.9. The molecule has 0 saturated carbocycles. The minimum Gasteiger partial charge on any atom is -0.481 e. The van der Waals surface area contributed by atoms with E-state index in [0.717, 1.165) is 0 Å². The predicted molar refractivity (Wildman–Crippen MR) is 85.0 cm³/mol. The van der Waals surface area contributed by atoms with Crippen LogP contribution in [-0.2, 0) is 14.6 Å². The maximum Gasteiger partial charge on any atom is 0.308 e. The van der Waals surface area contributed by atoms with E-state index in [1.165, 1.54) is 29.2 Å². The van der Waals surface area contributed by atoms with Gasteiger partial charge in [0.1, 0.15) is 0 Å². The lowest BCUT2D eigenvalue weighted by Crippen LogP contribution is -2.45. The van der Waals surface area contributed by atoms with Gasteiger partial charge in [-0.15, -0.1) is 0 Å². The van der Waals surface area contributed by atoms with Gasteiger partial charge < -0.3 is 10.0 Å². The summed E-state index contributed by atoms with van der Waals surface area (Å²) in [4.78, 5) is 25.4. The smallest absolute Gasteiger partial charge is 0.308 e. The Hall–Kier alpha value is -1.89. The molecule has 1 aliphatic rings. The molecule has 0 bridgehead atoms. The Balaban J connectivity index is 2.18. The highest BCUT2D eigenvalue weighted by Gasteiger charge is 2.32. The Morgan fingerprint density at radius 3 is 2.35 bits per heavy atom. The molecule has 23 heavy (non-hydrogen) atoms. The topological polar surface area (TPSA) is 91.8 Å². The molecule has 2 unspecified atom stereocenters. The van der Waals surface area contributed by atoms with Gasteiger partial charge in [0, 0.05) is 18.7 Å². The van der Waals surface area contributed by atoms with Crippen molar-refractivity contribution in [3.05, 3.63) is 29.8 Å². The van der Waals surface area contributed by atoms with Crippen LogP contribution in [0.4, 0.5) is 0 Å². The van der Waals surface area contributed by atoms with Crippen LogP contribution in [-0.4, -0.2) is 49.1 Å². The van der Waals surface area contributed by atoms with Crippen LogP contribution >= 0.6 is 0 Å². The number of piperidine rings is 1. The number of carboxylic acids is 1. The van der Waals surface area contributed by atoms with Gasteiger partial charge >= 0.3 is 5.97 Å². The monoisotopic (exact) mass is 339 g/mol. The van der Waals surface area contributed by atoms with E-state index in [9.17, 15) is 23.1 Å². The van der Waals surface area contributed by atoms with E-state index in [-0.39, 0.29) is 29.0 Å². The van der Waals surface area contributed by atoms with Crippen LogP contribution in [0, 0.1) is 11.8 Å². The van der Waals surface area contributed by atoms with Crippen LogP contribution in [0.3, 0.4) is 0 Å². The van der Waals surface area contributed by atoms with Crippen molar-refractivity contribution in [1.82, 2.24) is 4.90 Å². The first-order valence-corrected chi connectivity index (χ1v) is 9.24. The molecule has 6 nitrogen and oxygen atoms in total. The first-order chi connectivity index (χ1) is 10.7. The highest BCUT2D eigenvalue weighted by Crippen LogP contribution is 2.23. The largest absolute Gasteiger partial charge is 0.481 e. The predicted octanol–water partition coefficient (Wildman–Crippen LogP) is 1.66. The molecule has 1 heterocycles. The number of hydrogen-bond acceptors (Lipinski definition) is 4. The molecule has 0 aliphatic carbocycles. The summed E-state index contributed by atoms with van der Waals surface area (Å²) >= 11 is 0. The van der Waals surface area contributed by atoms with Crippen LogP contribution in [0.25, 0.3) is 0 Å². The van der Waals surface area contributed by atoms with Crippen molar-refractivity contribution in [2.75, 3.05) is 18.8 Å². The number of carbonyl (C=O) groups excluding carboxylic acids is 1. The van der Waals surface area contributed by atoms with Crippen molar-refractivity contribution in [2.45, 2.75) is 25.2 Å². The first kappa shape index (κ1) is 17.5. The molecule has 1 fully saturated rings. The van der Waals surface area contributed by atoms with Gasteiger partial charge in [-0.3, -0.25) is 9.59 Å². The van der Waals surface area contributed by atoms with E-state index in [1.807, 2.05) is 6.92 Å². The lowest BCUT2D eigenvalue weighted by atomic mass is 9.90. The van der Waals surface area contributed by atoms with E-state index in [0.29, 0.717) is 18.5 Å². The van der Waals surface area contributed by atoms with Gasteiger partial charge in [0.25, 0.3) is 5.91 Å². The Morgan fingerprint density at radius 1 is 1.22 bits per heavy atom. The number of sulfone groups is 1. The Morgan fingerprint density at radius 2 is 1.83 bits per heavy atom. The number of amides is 1. The third kappa shape index (κ3) is 3.90. The summed E-state index contributed by atoms with van der Waals surface area (Å²) < 4.78 is 23.6. The van der Waals surface area contributed by atoms with Crippen molar-refractivity contribution in [1.29, 1.82) is 0 Å². The second-order valence-corrected chi connectivity index (χ2v) is 8.29. The minimum absolute atomic E-state index is 0.00419. The van der Waals surface area contributed by atoms with Crippen LogP contribution in [0.15, 0.2) is 29.2 Å². The zero-order valence-electron chi connectivity index (χ0n) is 13.2. The van der Waals surface area contributed by atoms with Crippen LogP contribution < -0.4 is 0 Å². The molecule has 0 aromatic heterocycles. The number of carboxylic acid groups (broad SMARTS) is 1. The molecule has 2 rings (SSSR count). The number of rotatable bonds is 4. The van der Waals surface area contributed by atoms with E-state index >= 15 is 0 Å². The second kappa shape index (κ2) is 6.70. The second-order valence-electron chi connectivity index (χ2n) is 6.01. The molecule has 1 aromatic carbocycles. The average molecular weight is 339 g/mol. The number of aliphatic carboxylic acids is 1. The Bertz CT molecular complexity index is 696. The quantitative estimate of drug-likeness (QED) is 0.901. The summed E-state index contributed by atoms with van der Waals surface area (Å²) in [6.07, 6.45) is 0.562. The van der Waals surface area contributed by atoms with Gasteiger partial charge in [0.05, 0.1) is 16.6 Å². The van der Waals surface area contributed by atoms with Crippen molar-refractivity contribution in [3.8, 4) is 0 Å². The van der Waals surface area contributed by atoms with Crippen LogP contribution in [0.5, 0.6) is 0 Å². The molecule has 1 N–H and O–H groups in total. The van der Waals surface area contributed by atoms with Gasteiger partial charge in [-0.2, -0.15) is 0 Å². The maximum absolute atomic E-state index is 12.5. The fourth-order valence-corrected chi connectivity index (χ4v) is 3.73. The first-order valence-electron chi connectivity index (χ1n) is 7.59. The molecular formula is C16H21NO5S. The summed E-state index contributed by atoms with van der Waals surface area (Å²) in [6, 6.07) is 5.82. The Labute approximate surface area is 136 Å². The van der Waals surface area contributed by atoms with Gasteiger partial charge in [0.2, 0.25) is 0 Å². The molecule has 126 valence electrons. The highest BCUT2D eigenvalue weighted by molar-refractivity contribution is 7.91. The number of nitrogens with zero attached hydrogens (tertiary/aromatic N) is 1. The van der Waals surface area contributed by atoms with E-state index < -0.39 is 21.7 Å². The van der Waals surface area contributed by atoms with Crippen molar-refractivity contribution in [2.24, 2.45) is 11.8 Å². The molecule has 0 spiro atoms. The summed E-state index contributed by atoms with van der Waals surface area (Å²) in [5.41, 5.74) is 0.373. The van der Waals surface area contributed by atoms with Crippen molar-refractivity contribution in [3.63, 3.8) is 0 Å². The fourth-order valence-electron chi connectivity index (χ4n) is 2.85. The molecule has 2 atom stereocenters. The molecule has 1 saturated heterocycles. The molecule has 0 radical (unpaired) electrons. The summed E-state index contributed by atoms with van der Waals surface area (Å²) in [5.74, 6) is -1.58. The van der Waals surface area contributed by atoms with Crippen molar-refractivity contribution < 1.29 is 23.1 Å². The zero-order valence-corrected chi connectivity index (χ0v) is 14.0. The van der Waals surface area contributed by atoms with Crippen molar-refractivity contribution >= 4 is 21.7 Å². The maximum atomic E-state index is 12.5. The third-order valence-corrected chi connectivity index (χ3v) is 5.89. The summed E-state index contributed by atoms with van der Waals surface area (Å²) in [6.45, 7) is 4.19. The summed E-state index contributed by atoms with van der Waals surface area (Å²) in [5, 5.41) is 9.17. The SMILES string of the molecule is CCS(=O)(=O)c1ccc(C(=O)N2CC(C)CC(C(=O)O)C2)cc1. The van der Waals surface area contributed by atoms with Crippen LogP contribution in [0.2, 0.25) is 0 Å². The third-order valence-electron chi connectivity index (χ3n) is 4.14. The van der Waals surface area contributed by atoms with E-state index in [4.69, 9.17) is 0 Å². The van der Waals surface area contributed by atoms with Gasteiger partial charge in [0.15, 0.2) is 9.84 Å². The van der Waals surface area contributed by atoms with Crippen LogP contribution in [0.1, 0.15) is 30.6 Å². The zero-order chi connectivity index (χ0) is 17.2. The summed E-state index contributed by atoms with van der Waals surface area (Å²) in [7, 11) is -3.30. The number of likely N-dealkylation sites (tertiary alicyclic amines) is 1. The highest BCUT2D eigenvalue weighted by atomic mass is 32.2. The molecular weight excluding hydrogens is 318 g/mol. The molecule has 1 aliphatic heterocycles. The minimum atomic E-state index is -3.30. The number of benzene rings is 1. The van der Waals surface area contributed by atoms with E-state index in [2.05, 4.69) is 0 Å². The van der Waals surface area contributed by atoms with Gasteiger partial charge in [-0.05, 0) is 36.6 Å². The Kier molecular flexibility index (Phi) is 5.09. The lowest BCUT2D eigenvalue weighted by Gasteiger charge is -2.34. The standard InChI is InChI=1S/C16H21NO5S/c1-3-23(21,22)14-6-4-12(5-7-14)15(18)17-9-11(2)8-13(10-17)16(19)20/h4-7,11,13H,3,8-10H2,1-2H3,(H,19,20). The molecule has 7 heteroatoms. The van der Waals surface area contributed by atoms with Gasteiger partial charge in [-0.25, -0.2) is 8.42 Å². The fraction of sp³-hybridized carbons (Fsp3) is 0.500.